The molecule has 7 nitrogen and oxygen atoms in total. The number of benzene rings is 1. The molecule has 0 N–H and O–H groups in total. The lowest BCUT2D eigenvalue weighted by Gasteiger charge is -2.08. The molecule has 0 atom stereocenters. The van der Waals surface area contributed by atoms with Gasteiger partial charge in [0.15, 0.2) is 17.3 Å². The number of carbonyl (C=O) groups is 1. The summed E-state index contributed by atoms with van der Waals surface area (Å²) in [6.07, 6.45) is 3.30. The van der Waals surface area contributed by atoms with Gasteiger partial charge in [0, 0.05) is 33.4 Å². The van der Waals surface area contributed by atoms with Crippen LogP contribution in [0.15, 0.2) is 53.6 Å². The lowest BCUT2D eigenvalue weighted by Crippen LogP contribution is -2.30. The highest BCUT2D eigenvalue weighted by atomic mass is 35.5. The third kappa shape index (κ3) is 3.24. The maximum atomic E-state index is 13.4. The van der Waals surface area contributed by atoms with E-state index in [9.17, 15) is 9.59 Å². The summed E-state index contributed by atoms with van der Waals surface area (Å²) in [5.41, 5.74) is 2.36. The fourth-order valence-electron chi connectivity index (χ4n) is 3.50. The van der Waals surface area contributed by atoms with Crippen LogP contribution in [0.5, 0.6) is 0 Å². The van der Waals surface area contributed by atoms with Crippen LogP contribution in [0.2, 0.25) is 5.02 Å². The number of pyridine rings is 1. The van der Waals surface area contributed by atoms with E-state index in [-0.39, 0.29) is 12.3 Å². The number of fused-ring (bicyclic) bond motifs is 3. The number of hydrogen-bond acceptors (Lipinski definition) is 6. The van der Waals surface area contributed by atoms with Crippen molar-refractivity contribution < 1.29 is 4.79 Å². The van der Waals surface area contributed by atoms with Gasteiger partial charge in [0.1, 0.15) is 4.83 Å². The number of halogens is 1. The SMILES string of the molecule is Cc1sc2c(c1C)c1nc(-c3ccncc3)nn1c(=O)n2CC(=O)c1ccc(Cl)cc1. The van der Waals surface area contributed by atoms with E-state index in [0.29, 0.717) is 26.9 Å². The van der Waals surface area contributed by atoms with Crippen LogP contribution >= 0.6 is 22.9 Å². The highest BCUT2D eigenvalue weighted by molar-refractivity contribution is 7.19. The first-order valence-electron chi connectivity index (χ1n) is 9.52. The molecular formula is C22H16ClN5O2S. The molecule has 0 spiro atoms. The van der Waals surface area contributed by atoms with E-state index in [2.05, 4.69) is 15.1 Å². The summed E-state index contributed by atoms with van der Waals surface area (Å²) < 4.78 is 2.77. The molecule has 0 bridgehead atoms. The summed E-state index contributed by atoms with van der Waals surface area (Å²) in [5.74, 6) is 0.253. The number of thiophene rings is 1. The predicted octanol–water partition coefficient (Wildman–Crippen LogP) is 4.32. The first-order valence-corrected chi connectivity index (χ1v) is 10.7. The number of Topliss-reactive ketones (excluding diaryl/α,β-unsaturated/α-hetero) is 1. The molecule has 0 unspecified atom stereocenters. The molecule has 5 rings (SSSR count). The van der Waals surface area contributed by atoms with Crippen LogP contribution < -0.4 is 5.69 Å². The summed E-state index contributed by atoms with van der Waals surface area (Å²) >= 11 is 7.41. The molecule has 0 fully saturated rings. The quantitative estimate of drug-likeness (QED) is 0.381. The molecule has 0 aliphatic carbocycles. The fourth-order valence-corrected chi connectivity index (χ4v) is 4.77. The first kappa shape index (κ1) is 19.6. The Balaban J connectivity index is 1.73. The minimum absolute atomic E-state index is 0.100. The van der Waals surface area contributed by atoms with Crippen molar-refractivity contribution in [2.45, 2.75) is 20.4 Å². The van der Waals surface area contributed by atoms with E-state index in [0.717, 1.165) is 21.4 Å². The van der Waals surface area contributed by atoms with Crippen molar-refractivity contribution in [1.82, 2.24) is 24.1 Å². The molecule has 4 heterocycles. The summed E-state index contributed by atoms with van der Waals surface area (Å²) in [7, 11) is 0. The molecule has 154 valence electrons. The summed E-state index contributed by atoms with van der Waals surface area (Å²) in [4.78, 5) is 36.7. The highest BCUT2D eigenvalue weighted by Crippen LogP contribution is 2.32. The van der Waals surface area contributed by atoms with E-state index in [1.807, 2.05) is 13.8 Å². The number of carbonyl (C=O) groups excluding carboxylic acids is 1. The minimum Gasteiger partial charge on any atom is -0.292 e. The smallest absolute Gasteiger partial charge is 0.292 e. The number of nitrogens with zero attached hydrogens (tertiary/aromatic N) is 5. The maximum Gasteiger partial charge on any atom is 0.352 e. The van der Waals surface area contributed by atoms with Gasteiger partial charge in [-0.3, -0.25) is 14.3 Å². The van der Waals surface area contributed by atoms with Crippen molar-refractivity contribution in [3.8, 4) is 11.4 Å². The Hall–Kier alpha value is -3.36. The van der Waals surface area contributed by atoms with Gasteiger partial charge in [-0.15, -0.1) is 16.4 Å². The van der Waals surface area contributed by atoms with Crippen LogP contribution in [-0.4, -0.2) is 29.9 Å². The molecule has 4 aromatic heterocycles. The molecule has 0 saturated carbocycles. The van der Waals surface area contributed by atoms with Gasteiger partial charge in [0.2, 0.25) is 0 Å². The summed E-state index contributed by atoms with van der Waals surface area (Å²) in [6, 6.07) is 10.2. The predicted molar refractivity (Wildman–Crippen MR) is 121 cm³/mol. The van der Waals surface area contributed by atoms with Gasteiger partial charge < -0.3 is 0 Å². The summed E-state index contributed by atoms with van der Waals surface area (Å²) in [5, 5.41) is 5.84. The van der Waals surface area contributed by atoms with Gasteiger partial charge in [0.25, 0.3) is 0 Å². The van der Waals surface area contributed by atoms with Gasteiger partial charge in [-0.1, -0.05) is 11.6 Å². The van der Waals surface area contributed by atoms with Crippen molar-refractivity contribution in [1.29, 1.82) is 0 Å². The molecule has 0 radical (unpaired) electrons. The van der Waals surface area contributed by atoms with Gasteiger partial charge in [-0.05, 0) is 55.8 Å². The van der Waals surface area contributed by atoms with E-state index < -0.39 is 5.69 Å². The molecule has 0 aliphatic rings. The number of aromatic nitrogens is 5. The van der Waals surface area contributed by atoms with Crippen LogP contribution in [-0.2, 0) is 6.54 Å². The second-order valence-electron chi connectivity index (χ2n) is 7.17. The minimum atomic E-state index is -0.404. The van der Waals surface area contributed by atoms with Crippen LogP contribution in [0.4, 0.5) is 0 Å². The van der Waals surface area contributed by atoms with Gasteiger partial charge in [0.05, 0.1) is 11.9 Å². The Morgan fingerprint density at radius 2 is 1.81 bits per heavy atom. The molecule has 0 saturated heterocycles. The zero-order chi connectivity index (χ0) is 21.7. The van der Waals surface area contributed by atoms with Crippen LogP contribution in [0.3, 0.4) is 0 Å². The van der Waals surface area contributed by atoms with E-state index in [4.69, 9.17) is 11.6 Å². The van der Waals surface area contributed by atoms with Crippen molar-refractivity contribution in [3.05, 3.63) is 80.3 Å². The average Bonchev–Trinajstić information content (AvgIpc) is 3.34. The van der Waals surface area contributed by atoms with Gasteiger partial charge in [-0.25, -0.2) is 9.78 Å². The van der Waals surface area contributed by atoms with Crippen LogP contribution in [0.25, 0.3) is 27.3 Å². The zero-order valence-electron chi connectivity index (χ0n) is 16.7. The highest BCUT2D eigenvalue weighted by Gasteiger charge is 2.22. The Bertz CT molecular complexity index is 1520. The second kappa shape index (κ2) is 7.40. The molecule has 1 aromatic carbocycles. The summed E-state index contributed by atoms with van der Waals surface area (Å²) in [6.45, 7) is 3.88. The largest absolute Gasteiger partial charge is 0.352 e. The number of hydrogen-bond donors (Lipinski definition) is 0. The topological polar surface area (TPSA) is 82.2 Å². The molecular weight excluding hydrogens is 434 g/mol. The normalized spacial score (nSPS) is 11.5. The number of rotatable bonds is 4. The van der Waals surface area contributed by atoms with E-state index in [1.165, 1.54) is 20.4 Å². The fraction of sp³-hybridized carbons (Fsp3) is 0.136. The van der Waals surface area contributed by atoms with E-state index in [1.54, 1.807) is 48.8 Å². The molecule has 0 aliphatic heterocycles. The molecule has 9 heteroatoms. The van der Waals surface area contributed by atoms with Crippen molar-refractivity contribution in [2.24, 2.45) is 0 Å². The lowest BCUT2D eigenvalue weighted by atomic mass is 10.1. The van der Waals surface area contributed by atoms with Gasteiger partial charge in [-0.2, -0.15) is 4.52 Å². The number of aryl methyl sites for hydroxylation is 2. The van der Waals surface area contributed by atoms with Crippen molar-refractivity contribution >= 4 is 44.6 Å². The Kier molecular flexibility index (Phi) is 4.68. The van der Waals surface area contributed by atoms with Crippen LogP contribution in [0.1, 0.15) is 20.8 Å². The lowest BCUT2D eigenvalue weighted by molar-refractivity contribution is 0.0972. The van der Waals surface area contributed by atoms with Crippen molar-refractivity contribution in [2.75, 3.05) is 0 Å². The zero-order valence-corrected chi connectivity index (χ0v) is 18.2. The van der Waals surface area contributed by atoms with Crippen LogP contribution in [0, 0.1) is 13.8 Å². The van der Waals surface area contributed by atoms with Crippen molar-refractivity contribution in [3.63, 3.8) is 0 Å². The second-order valence-corrected chi connectivity index (χ2v) is 8.81. The van der Waals surface area contributed by atoms with E-state index >= 15 is 0 Å². The molecule has 0 amide bonds. The first-order chi connectivity index (χ1) is 14.9. The third-order valence-corrected chi connectivity index (χ3v) is 6.74. The Morgan fingerprint density at radius 3 is 2.52 bits per heavy atom. The van der Waals surface area contributed by atoms with Gasteiger partial charge >= 0.3 is 5.69 Å². The Morgan fingerprint density at radius 1 is 1.10 bits per heavy atom. The monoisotopic (exact) mass is 449 g/mol. The standard InChI is InChI=1S/C22H16ClN5O2S/c1-12-13(2)31-21-18(12)20-25-19(15-7-9-24-10-8-15)26-28(20)22(30)27(21)11-17(29)14-3-5-16(23)6-4-14/h3-10H,11H2,1-2H3. The molecule has 31 heavy (non-hydrogen) atoms. The maximum absolute atomic E-state index is 13.4. The Labute approximate surface area is 185 Å². The number of ketones is 1. The average molecular weight is 450 g/mol. The third-order valence-electron chi connectivity index (χ3n) is 5.26. The molecule has 5 aromatic rings.